The van der Waals surface area contributed by atoms with Crippen LogP contribution in [0.1, 0.15) is 48.5 Å². The van der Waals surface area contributed by atoms with Crippen LogP contribution in [0.2, 0.25) is 0 Å². The van der Waals surface area contributed by atoms with Crippen molar-refractivity contribution in [3.05, 3.63) is 23.7 Å². The fraction of sp³-hybridized carbons (Fsp3) is 0.643. The smallest absolute Gasteiger partial charge is 0.373 e. The van der Waals surface area contributed by atoms with Crippen LogP contribution >= 0.6 is 0 Å². The van der Waals surface area contributed by atoms with Crippen LogP contribution in [0.4, 0.5) is 0 Å². The number of rotatable bonds is 7. The van der Waals surface area contributed by atoms with Gasteiger partial charge in [-0.3, -0.25) is 0 Å². The summed E-state index contributed by atoms with van der Waals surface area (Å²) in [5, 5.41) is 12.4. The van der Waals surface area contributed by atoms with E-state index in [-0.39, 0.29) is 23.8 Å². The van der Waals surface area contributed by atoms with Crippen LogP contribution in [-0.2, 0) is 4.74 Å². The highest BCUT2D eigenvalue weighted by atomic mass is 16.5. The normalized spacial score (nSPS) is 18.1. The first-order valence-electron chi connectivity index (χ1n) is 6.62. The van der Waals surface area contributed by atoms with Gasteiger partial charge in [0.15, 0.2) is 0 Å². The molecule has 0 amide bonds. The molecule has 0 aliphatic heterocycles. The molecule has 0 radical (unpaired) electrons. The Balaban J connectivity index is 1.88. The summed E-state index contributed by atoms with van der Waals surface area (Å²) in [5.41, 5.74) is 0.265. The molecule has 0 spiro atoms. The Hall–Kier alpha value is -1.33. The van der Waals surface area contributed by atoms with Crippen molar-refractivity contribution >= 4 is 5.97 Å². The Bertz CT molecular complexity index is 436. The van der Waals surface area contributed by atoms with Crippen molar-refractivity contribution in [3.63, 3.8) is 0 Å². The van der Waals surface area contributed by atoms with E-state index >= 15 is 0 Å². The maximum atomic E-state index is 11.3. The van der Waals surface area contributed by atoms with Crippen molar-refractivity contribution in [2.75, 3.05) is 20.3 Å². The first-order chi connectivity index (χ1) is 9.10. The quantitative estimate of drug-likeness (QED) is 0.738. The van der Waals surface area contributed by atoms with E-state index in [0.717, 1.165) is 18.7 Å². The molecule has 1 saturated carbocycles. The lowest BCUT2D eigenvalue weighted by atomic mass is 10.0. The summed E-state index contributed by atoms with van der Waals surface area (Å²) in [5.74, 6) is 0.486. The van der Waals surface area contributed by atoms with Gasteiger partial charge >= 0.3 is 5.97 Å². The third-order valence-electron chi connectivity index (χ3n) is 3.82. The van der Waals surface area contributed by atoms with Gasteiger partial charge in [0.05, 0.1) is 13.2 Å². The zero-order valence-corrected chi connectivity index (χ0v) is 11.4. The molecule has 2 rings (SSSR count). The van der Waals surface area contributed by atoms with E-state index in [1.165, 1.54) is 20.0 Å². The number of furan rings is 1. The summed E-state index contributed by atoms with van der Waals surface area (Å²) in [6.45, 7) is 3.10. The van der Waals surface area contributed by atoms with Crippen molar-refractivity contribution in [2.24, 2.45) is 5.41 Å². The molecule has 1 heterocycles. The number of hydrogen-bond donors (Lipinski definition) is 2. The molecule has 1 aliphatic rings. The molecule has 1 aromatic heterocycles. The van der Waals surface area contributed by atoms with E-state index in [2.05, 4.69) is 10.1 Å². The Morgan fingerprint density at radius 1 is 1.58 bits per heavy atom. The van der Waals surface area contributed by atoms with Gasteiger partial charge in [0.25, 0.3) is 0 Å². The van der Waals surface area contributed by atoms with E-state index in [0.29, 0.717) is 0 Å². The molecular weight excluding hydrogens is 246 g/mol. The van der Waals surface area contributed by atoms with Crippen LogP contribution in [0.5, 0.6) is 0 Å². The number of methoxy groups -OCH3 is 1. The van der Waals surface area contributed by atoms with E-state index in [1.807, 2.05) is 6.92 Å². The van der Waals surface area contributed by atoms with Gasteiger partial charge in [-0.05, 0) is 43.7 Å². The highest BCUT2D eigenvalue weighted by Crippen LogP contribution is 2.48. The van der Waals surface area contributed by atoms with Crippen molar-refractivity contribution in [1.29, 1.82) is 0 Å². The second kappa shape index (κ2) is 5.75. The van der Waals surface area contributed by atoms with Gasteiger partial charge in [-0.2, -0.15) is 0 Å². The van der Waals surface area contributed by atoms with Crippen LogP contribution in [-0.4, -0.2) is 31.3 Å². The number of esters is 1. The number of ether oxygens (including phenoxy) is 1. The van der Waals surface area contributed by atoms with Gasteiger partial charge in [0, 0.05) is 13.2 Å². The third-order valence-corrected chi connectivity index (χ3v) is 3.82. The van der Waals surface area contributed by atoms with E-state index < -0.39 is 5.97 Å². The summed E-state index contributed by atoms with van der Waals surface area (Å²) >= 11 is 0. The topological polar surface area (TPSA) is 71.7 Å². The van der Waals surface area contributed by atoms with Gasteiger partial charge in [-0.1, -0.05) is 0 Å². The molecule has 106 valence electrons. The van der Waals surface area contributed by atoms with Crippen molar-refractivity contribution in [3.8, 4) is 0 Å². The number of hydrogen-bond acceptors (Lipinski definition) is 5. The molecule has 1 atom stereocenters. The lowest BCUT2D eigenvalue weighted by Crippen LogP contribution is -2.27. The highest BCUT2D eigenvalue weighted by molar-refractivity contribution is 5.86. The van der Waals surface area contributed by atoms with Crippen LogP contribution in [0.25, 0.3) is 0 Å². The number of aliphatic hydroxyl groups excluding tert-OH is 1. The minimum atomic E-state index is -0.461. The monoisotopic (exact) mass is 267 g/mol. The van der Waals surface area contributed by atoms with Crippen LogP contribution in [0.3, 0.4) is 0 Å². The predicted molar refractivity (Wildman–Crippen MR) is 69.8 cm³/mol. The molecule has 1 aliphatic carbocycles. The average Bonchev–Trinajstić information content (AvgIpc) is 3.00. The van der Waals surface area contributed by atoms with Gasteiger partial charge < -0.3 is 19.6 Å². The summed E-state index contributed by atoms with van der Waals surface area (Å²) in [6, 6.07) is 3.45. The summed E-state index contributed by atoms with van der Waals surface area (Å²) < 4.78 is 10.1. The summed E-state index contributed by atoms with van der Waals surface area (Å²) in [4.78, 5) is 11.3. The van der Waals surface area contributed by atoms with Crippen LogP contribution in [0.15, 0.2) is 16.5 Å². The van der Waals surface area contributed by atoms with Gasteiger partial charge in [-0.25, -0.2) is 4.79 Å². The fourth-order valence-electron chi connectivity index (χ4n) is 2.20. The number of aliphatic hydroxyl groups is 1. The predicted octanol–water partition coefficient (Wildman–Crippen LogP) is 1.88. The Morgan fingerprint density at radius 2 is 2.32 bits per heavy atom. The van der Waals surface area contributed by atoms with Crippen molar-refractivity contribution in [1.82, 2.24) is 5.32 Å². The Morgan fingerprint density at radius 3 is 2.89 bits per heavy atom. The first-order valence-corrected chi connectivity index (χ1v) is 6.62. The van der Waals surface area contributed by atoms with E-state index in [4.69, 9.17) is 9.52 Å². The average molecular weight is 267 g/mol. The largest absolute Gasteiger partial charge is 0.463 e. The van der Waals surface area contributed by atoms with E-state index in [1.54, 1.807) is 12.1 Å². The second-order valence-electron chi connectivity index (χ2n) is 5.27. The standard InChI is InChI=1S/C14H21NO4/c1-10(15-9-14(5-6-14)7-8-16)11-3-4-12(19-11)13(17)18-2/h3-4,10,15-16H,5-9H2,1-2H3. The lowest BCUT2D eigenvalue weighted by molar-refractivity contribution is 0.0562. The molecule has 1 unspecified atom stereocenters. The third kappa shape index (κ3) is 3.36. The van der Waals surface area contributed by atoms with Gasteiger partial charge in [0.1, 0.15) is 5.76 Å². The molecule has 1 aromatic rings. The van der Waals surface area contributed by atoms with Gasteiger partial charge in [-0.15, -0.1) is 0 Å². The van der Waals surface area contributed by atoms with E-state index in [9.17, 15) is 4.79 Å². The molecule has 2 N–H and O–H groups in total. The summed E-state index contributed by atoms with van der Waals surface area (Å²) in [6.07, 6.45) is 3.18. The number of carbonyl (C=O) groups excluding carboxylic acids is 1. The molecule has 19 heavy (non-hydrogen) atoms. The number of nitrogens with one attached hydrogen (secondary N) is 1. The molecule has 5 nitrogen and oxygen atoms in total. The molecule has 0 bridgehead atoms. The summed E-state index contributed by atoms with van der Waals surface area (Å²) in [7, 11) is 1.33. The SMILES string of the molecule is COC(=O)c1ccc(C(C)NCC2(CCO)CC2)o1. The first kappa shape index (κ1) is 14.1. The minimum Gasteiger partial charge on any atom is -0.463 e. The minimum absolute atomic E-state index is 0.0366. The second-order valence-corrected chi connectivity index (χ2v) is 5.27. The maximum Gasteiger partial charge on any atom is 0.373 e. The number of carbonyl (C=O) groups is 1. The van der Waals surface area contributed by atoms with Gasteiger partial charge in [0.2, 0.25) is 5.76 Å². The van der Waals surface area contributed by atoms with Crippen LogP contribution < -0.4 is 5.32 Å². The fourth-order valence-corrected chi connectivity index (χ4v) is 2.20. The lowest BCUT2D eigenvalue weighted by Gasteiger charge is -2.18. The zero-order chi connectivity index (χ0) is 13.9. The molecule has 5 heteroatoms. The van der Waals surface area contributed by atoms with Crippen molar-refractivity contribution in [2.45, 2.75) is 32.2 Å². The Labute approximate surface area is 112 Å². The zero-order valence-electron chi connectivity index (χ0n) is 11.4. The molecule has 0 saturated heterocycles. The molecular formula is C14H21NO4. The molecule has 0 aromatic carbocycles. The highest BCUT2D eigenvalue weighted by Gasteiger charge is 2.41. The van der Waals surface area contributed by atoms with Crippen molar-refractivity contribution < 1.29 is 19.1 Å². The Kier molecular flexibility index (Phi) is 4.27. The molecule has 1 fully saturated rings. The maximum absolute atomic E-state index is 11.3. The van der Waals surface area contributed by atoms with Crippen LogP contribution in [0, 0.1) is 5.41 Å².